The number of amidine groups is 1. The second-order valence-electron chi connectivity index (χ2n) is 6.55. The Morgan fingerprint density at radius 1 is 1.38 bits per heavy atom. The standard InChI is InChI=1S/C13H25N3/c1-13(2,3)7-12-15-10-5-4-9(8-14)6-11(10)16-12/h9-11H,4-8,14H2,1-3H3,(H,15,16). The molecule has 0 radical (unpaired) electrons. The summed E-state index contributed by atoms with van der Waals surface area (Å²) >= 11 is 0. The van der Waals surface area contributed by atoms with Gasteiger partial charge in [-0.3, -0.25) is 4.99 Å². The SMILES string of the molecule is CC(C)(C)CC1=NC2CCC(CN)CC2N1. The summed E-state index contributed by atoms with van der Waals surface area (Å²) in [6, 6.07) is 1.10. The van der Waals surface area contributed by atoms with Crippen LogP contribution in [0.5, 0.6) is 0 Å². The summed E-state index contributed by atoms with van der Waals surface area (Å²) in [5, 5.41) is 3.61. The molecular formula is C13H25N3. The van der Waals surface area contributed by atoms with Gasteiger partial charge < -0.3 is 11.1 Å². The lowest BCUT2D eigenvalue weighted by Gasteiger charge is -2.30. The van der Waals surface area contributed by atoms with Crippen LogP contribution >= 0.6 is 0 Å². The first-order valence-corrected chi connectivity index (χ1v) is 6.51. The van der Waals surface area contributed by atoms with Crippen LogP contribution in [0.1, 0.15) is 46.5 Å². The number of nitrogens with two attached hydrogens (primary N) is 1. The van der Waals surface area contributed by atoms with Crippen molar-refractivity contribution in [2.75, 3.05) is 6.54 Å². The van der Waals surface area contributed by atoms with E-state index in [4.69, 9.17) is 10.7 Å². The largest absolute Gasteiger partial charge is 0.369 e. The van der Waals surface area contributed by atoms with Gasteiger partial charge in [0.05, 0.1) is 11.9 Å². The number of fused-ring (bicyclic) bond motifs is 1. The Balaban J connectivity index is 1.93. The van der Waals surface area contributed by atoms with E-state index >= 15 is 0 Å². The molecule has 1 heterocycles. The first kappa shape index (κ1) is 11.9. The lowest BCUT2D eigenvalue weighted by Crippen LogP contribution is -2.41. The van der Waals surface area contributed by atoms with Crippen molar-refractivity contribution in [3.8, 4) is 0 Å². The molecule has 92 valence electrons. The van der Waals surface area contributed by atoms with Gasteiger partial charge in [-0.1, -0.05) is 20.8 Å². The van der Waals surface area contributed by atoms with Gasteiger partial charge in [0, 0.05) is 12.5 Å². The van der Waals surface area contributed by atoms with Crippen molar-refractivity contribution in [3.63, 3.8) is 0 Å². The van der Waals surface area contributed by atoms with Crippen LogP contribution in [0.25, 0.3) is 0 Å². The van der Waals surface area contributed by atoms with Crippen molar-refractivity contribution >= 4 is 5.84 Å². The van der Waals surface area contributed by atoms with Gasteiger partial charge in [0.1, 0.15) is 0 Å². The molecule has 3 N–H and O–H groups in total. The van der Waals surface area contributed by atoms with Crippen molar-refractivity contribution < 1.29 is 0 Å². The van der Waals surface area contributed by atoms with E-state index in [2.05, 4.69) is 26.1 Å². The molecule has 0 aromatic carbocycles. The summed E-state index contributed by atoms with van der Waals surface area (Å²) in [6.45, 7) is 7.63. The molecule has 1 fully saturated rings. The van der Waals surface area contributed by atoms with Gasteiger partial charge in [-0.15, -0.1) is 0 Å². The maximum absolute atomic E-state index is 5.76. The molecule has 3 nitrogen and oxygen atoms in total. The third-order valence-corrected chi connectivity index (χ3v) is 3.63. The van der Waals surface area contributed by atoms with Crippen molar-refractivity contribution in [2.45, 2.75) is 58.5 Å². The fraction of sp³-hybridized carbons (Fsp3) is 0.923. The minimum absolute atomic E-state index is 0.326. The molecule has 2 rings (SSSR count). The first-order chi connectivity index (χ1) is 7.48. The number of aliphatic imine (C=N–C) groups is 1. The van der Waals surface area contributed by atoms with E-state index in [0.717, 1.165) is 13.0 Å². The molecule has 1 saturated carbocycles. The van der Waals surface area contributed by atoms with E-state index < -0.39 is 0 Å². The van der Waals surface area contributed by atoms with Crippen LogP contribution in [0.2, 0.25) is 0 Å². The average molecular weight is 223 g/mol. The normalized spacial score (nSPS) is 34.2. The molecule has 3 atom stereocenters. The Labute approximate surface area is 98.9 Å². The third-order valence-electron chi connectivity index (χ3n) is 3.63. The van der Waals surface area contributed by atoms with Gasteiger partial charge in [0.15, 0.2) is 0 Å². The van der Waals surface area contributed by atoms with E-state index in [1.165, 1.54) is 25.1 Å². The molecular weight excluding hydrogens is 198 g/mol. The molecule has 1 aliphatic heterocycles. The zero-order chi connectivity index (χ0) is 11.8. The number of hydrogen-bond acceptors (Lipinski definition) is 3. The molecule has 3 heteroatoms. The second-order valence-corrected chi connectivity index (χ2v) is 6.55. The summed E-state index contributed by atoms with van der Waals surface area (Å²) in [5.74, 6) is 1.93. The number of hydrogen-bond donors (Lipinski definition) is 2. The fourth-order valence-corrected chi connectivity index (χ4v) is 2.82. The summed E-state index contributed by atoms with van der Waals surface area (Å²) in [7, 11) is 0. The molecule has 0 saturated heterocycles. The van der Waals surface area contributed by atoms with Crippen LogP contribution in [0.15, 0.2) is 4.99 Å². The molecule has 2 aliphatic rings. The lowest BCUT2D eigenvalue weighted by atomic mass is 9.83. The molecule has 0 aromatic heterocycles. The molecule has 0 bridgehead atoms. The smallest absolute Gasteiger partial charge is 0.0975 e. The van der Waals surface area contributed by atoms with Crippen LogP contribution in [0, 0.1) is 11.3 Å². The third kappa shape index (κ3) is 2.76. The number of rotatable bonds is 2. The van der Waals surface area contributed by atoms with E-state index in [9.17, 15) is 0 Å². The van der Waals surface area contributed by atoms with E-state index in [-0.39, 0.29) is 0 Å². The van der Waals surface area contributed by atoms with Gasteiger partial charge in [0.2, 0.25) is 0 Å². The maximum atomic E-state index is 5.76. The molecule has 0 aromatic rings. The predicted molar refractivity (Wildman–Crippen MR) is 68.6 cm³/mol. The van der Waals surface area contributed by atoms with Gasteiger partial charge >= 0.3 is 0 Å². The summed E-state index contributed by atoms with van der Waals surface area (Å²) in [6.07, 6.45) is 4.74. The topological polar surface area (TPSA) is 50.4 Å². The monoisotopic (exact) mass is 223 g/mol. The highest BCUT2D eigenvalue weighted by Crippen LogP contribution is 2.30. The van der Waals surface area contributed by atoms with Gasteiger partial charge in [-0.05, 0) is 37.1 Å². The van der Waals surface area contributed by atoms with E-state index in [1.807, 2.05) is 0 Å². The maximum Gasteiger partial charge on any atom is 0.0975 e. The Hall–Kier alpha value is -0.570. The highest BCUT2D eigenvalue weighted by atomic mass is 15.1. The Bertz CT molecular complexity index is 277. The Morgan fingerprint density at radius 3 is 2.75 bits per heavy atom. The van der Waals surface area contributed by atoms with Crippen LogP contribution in [0.3, 0.4) is 0 Å². The van der Waals surface area contributed by atoms with Crippen LogP contribution in [-0.4, -0.2) is 24.5 Å². The van der Waals surface area contributed by atoms with Gasteiger partial charge in [-0.2, -0.15) is 0 Å². The highest BCUT2D eigenvalue weighted by molar-refractivity contribution is 5.85. The van der Waals surface area contributed by atoms with Crippen LogP contribution in [0.4, 0.5) is 0 Å². The van der Waals surface area contributed by atoms with Crippen molar-refractivity contribution in [1.29, 1.82) is 0 Å². The van der Waals surface area contributed by atoms with Crippen molar-refractivity contribution in [3.05, 3.63) is 0 Å². The zero-order valence-electron chi connectivity index (χ0n) is 10.8. The Morgan fingerprint density at radius 2 is 2.12 bits per heavy atom. The minimum atomic E-state index is 0.326. The first-order valence-electron chi connectivity index (χ1n) is 6.51. The molecule has 0 amide bonds. The van der Waals surface area contributed by atoms with Crippen molar-refractivity contribution in [2.24, 2.45) is 22.1 Å². The number of nitrogens with one attached hydrogen (secondary N) is 1. The number of nitrogens with zero attached hydrogens (tertiary/aromatic N) is 1. The zero-order valence-corrected chi connectivity index (χ0v) is 10.8. The summed E-state index contributed by atoms with van der Waals surface area (Å²) in [4.78, 5) is 4.83. The summed E-state index contributed by atoms with van der Waals surface area (Å²) in [5.41, 5.74) is 6.08. The van der Waals surface area contributed by atoms with Crippen LogP contribution in [-0.2, 0) is 0 Å². The molecule has 0 spiro atoms. The Kier molecular flexibility index (Phi) is 3.24. The second kappa shape index (κ2) is 4.36. The highest BCUT2D eigenvalue weighted by Gasteiger charge is 2.35. The molecule has 1 aliphatic carbocycles. The van der Waals surface area contributed by atoms with Crippen LogP contribution < -0.4 is 11.1 Å². The summed E-state index contributed by atoms with van der Waals surface area (Å²) < 4.78 is 0. The quantitative estimate of drug-likeness (QED) is 0.751. The lowest BCUT2D eigenvalue weighted by molar-refractivity contribution is 0.294. The van der Waals surface area contributed by atoms with E-state index in [1.54, 1.807) is 0 Å². The molecule has 3 unspecified atom stereocenters. The van der Waals surface area contributed by atoms with Gasteiger partial charge in [-0.25, -0.2) is 0 Å². The predicted octanol–water partition coefficient (Wildman–Crippen LogP) is 1.92. The molecule has 16 heavy (non-hydrogen) atoms. The minimum Gasteiger partial charge on any atom is -0.369 e. The van der Waals surface area contributed by atoms with E-state index in [0.29, 0.717) is 23.4 Å². The van der Waals surface area contributed by atoms with Crippen molar-refractivity contribution in [1.82, 2.24) is 5.32 Å². The average Bonchev–Trinajstić information content (AvgIpc) is 2.55. The fourth-order valence-electron chi connectivity index (χ4n) is 2.82. The van der Waals surface area contributed by atoms with Gasteiger partial charge in [0.25, 0.3) is 0 Å².